The van der Waals surface area contributed by atoms with E-state index < -0.39 is 47.9 Å². The molecule has 0 saturated carbocycles. The van der Waals surface area contributed by atoms with E-state index in [9.17, 15) is 18.9 Å². The first-order chi connectivity index (χ1) is 8.25. The molecule has 18 heavy (non-hydrogen) atoms. The quantitative estimate of drug-likeness (QED) is 0.554. The summed E-state index contributed by atoms with van der Waals surface area (Å²) < 4.78 is 11.0. The molecular formula is C9H7O8P. The third-order valence-electron chi connectivity index (χ3n) is 2.06. The van der Waals surface area contributed by atoms with Gasteiger partial charge in [-0.25, -0.2) is 14.4 Å². The molecule has 0 aliphatic rings. The van der Waals surface area contributed by atoms with Crippen LogP contribution in [-0.2, 0) is 4.57 Å². The molecular weight excluding hydrogens is 267 g/mol. The van der Waals surface area contributed by atoms with Gasteiger partial charge in [0.25, 0.3) is 0 Å². The molecule has 0 aromatic heterocycles. The van der Waals surface area contributed by atoms with Gasteiger partial charge in [-0.05, 0) is 12.1 Å². The summed E-state index contributed by atoms with van der Waals surface area (Å²) in [4.78, 5) is 41.4. The SMILES string of the molecule is O=C(O)c1cc(C(=O)O)c(C(=O)O)c([PH](=O)O)c1. The van der Waals surface area contributed by atoms with Gasteiger partial charge in [0.2, 0.25) is 8.03 Å². The largest absolute Gasteiger partial charge is 0.478 e. The molecule has 0 saturated heterocycles. The van der Waals surface area contributed by atoms with Crippen LogP contribution in [0, 0.1) is 0 Å². The van der Waals surface area contributed by atoms with Crippen molar-refractivity contribution in [1.82, 2.24) is 0 Å². The molecule has 1 aromatic rings. The highest BCUT2D eigenvalue weighted by Gasteiger charge is 2.25. The van der Waals surface area contributed by atoms with Crippen LogP contribution in [-0.4, -0.2) is 38.1 Å². The van der Waals surface area contributed by atoms with Crippen LogP contribution in [0.25, 0.3) is 0 Å². The van der Waals surface area contributed by atoms with Gasteiger partial charge in [-0.15, -0.1) is 0 Å². The van der Waals surface area contributed by atoms with E-state index in [1.165, 1.54) is 0 Å². The smallest absolute Gasteiger partial charge is 0.337 e. The zero-order valence-electron chi connectivity index (χ0n) is 8.58. The molecule has 1 aromatic carbocycles. The van der Waals surface area contributed by atoms with Gasteiger partial charge in [0, 0.05) is 0 Å². The molecule has 1 rings (SSSR count). The number of carboxylic acids is 3. The minimum atomic E-state index is -3.55. The Hall–Kier alpha value is -2.18. The fraction of sp³-hybridized carbons (Fsp3) is 0. The fourth-order valence-corrected chi connectivity index (χ4v) is 2.07. The molecule has 0 spiro atoms. The van der Waals surface area contributed by atoms with Crippen LogP contribution in [0.3, 0.4) is 0 Å². The highest BCUT2D eigenvalue weighted by atomic mass is 31.1. The van der Waals surface area contributed by atoms with Crippen molar-refractivity contribution < 1.29 is 39.2 Å². The van der Waals surface area contributed by atoms with Crippen molar-refractivity contribution in [3.8, 4) is 0 Å². The molecule has 8 nitrogen and oxygen atoms in total. The van der Waals surface area contributed by atoms with Crippen LogP contribution < -0.4 is 5.30 Å². The van der Waals surface area contributed by atoms with Crippen molar-refractivity contribution in [3.63, 3.8) is 0 Å². The van der Waals surface area contributed by atoms with Crippen LogP contribution in [0.5, 0.6) is 0 Å². The van der Waals surface area contributed by atoms with Crippen LogP contribution in [0.1, 0.15) is 31.1 Å². The summed E-state index contributed by atoms with van der Waals surface area (Å²) in [5.74, 6) is -4.94. The average Bonchev–Trinajstić information content (AvgIpc) is 2.26. The van der Waals surface area contributed by atoms with Crippen molar-refractivity contribution in [2.24, 2.45) is 0 Å². The maximum atomic E-state index is 11.0. The number of carbonyl (C=O) groups is 3. The first-order valence-electron chi connectivity index (χ1n) is 4.37. The number of benzene rings is 1. The minimum Gasteiger partial charge on any atom is -0.478 e. The van der Waals surface area contributed by atoms with Crippen molar-refractivity contribution in [1.29, 1.82) is 0 Å². The Morgan fingerprint density at radius 2 is 1.50 bits per heavy atom. The Balaban J connectivity index is 3.76. The predicted molar refractivity (Wildman–Crippen MR) is 58.2 cm³/mol. The van der Waals surface area contributed by atoms with Crippen LogP contribution >= 0.6 is 8.03 Å². The maximum Gasteiger partial charge on any atom is 0.337 e. The summed E-state index contributed by atoms with van der Waals surface area (Å²) in [5.41, 5.74) is -2.29. The van der Waals surface area contributed by atoms with Gasteiger partial charge in [-0.2, -0.15) is 0 Å². The molecule has 0 heterocycles. The highest BCUT2D eigenvalue weighted by molar-refractivity contribution is 7.47. The highest BCUT2D eigenvalue weighted by Crippen LogP contribution is 2.21. The average molecular weight is 274 g/mol. The summed E-state index contributed by atoms with van der Waals surface area (Å²) in [6.45, 7) is 0. The molecule has 0 bridgehead atoms. The third-order valence-corrected chi connectivity index (χ3v) is 2.92. The summed E-state index contributed by atoms with van der Waals surface area (Å²) in [7, 11) is -3.55. The molecule has 0 fully saturated rings. The van der Waals surface area contributed by atoms with E-state index in [2.05, 4.69) is 0 Å². The van der Waals surface area contributed by atoms with Crippen molar-refractivity contribution >= 4 is 31.2 Å². The molecule has 0 amide bonds. The van der Waals surface area contributed by atoms with E-state index in [1.807, 2.05) is 0 Å². The Labute approximate surface area is 100.0 Å². The van der Waals surface area contributed by atoms with Crippen molar-refractivity contribution in [3.05, 3.63) is 28.8 Å². The van der Waals surface area contributed by atoms with Crippen LogP contribution in [0.2, 0.25) is 0 Å². The Morgan fingerprint density at radius 3 is 1.83 bits per heavy atom. The zero-order valence-corrected chi connectivity index (χ0v) is 9.58. The van der Waals surface area contributed by atoms with Crippen LogP contribution in [0.15, 0.2) is 12.1 Å². The Morgan fingerprint density at radius 1 is 0.944 bits per heavy atom. The molecule has 0 radical (unpaired) electrons. The summed E-state index contributed by atoms with van der Waals surface area (Å²) in [5, 5.41) is 25.6. The predicted octanol–water partition coefficient (Wildman–Crippen LogP) is -0.126. The summed E-state index contributed by atoms with van der Waals surface area (Å²) in [6.07, 6.45) is 0. The molecule has 9 heteroatoms. The second-order valence-electron chi connectivity index (χ2n) is 3.17. The standard InChI is InChI=1S/C9H7O8P/c10-7(11)3-1-4(8(12)13)6(9(14)15)5(2-3)18(16)17/h1-2,18H,(H,10,11)(H,12,13)(H,14,15)(H,16,17). The minimum absolute atomic E-state index is 0.570. The zero-order chi connectivity index (χ0) is 14.0. The lowest BCUT2D eigenvalue weighted by atomic mass is 10.0. The lowest BCUT2D eigenvalue weighted by Crippen LogP contribution is -2.20. The first-order valence-corrected chi connectivity index (χ1v) is 5.72. The summed E-state index contributed by atoms with van der Waals surface area (Å²) >= 11 is 0. The summed E-state index contributed by atoms with van der Waals surface area (Å²) in [6, 6.07) is 1.31. The van der Waals surface area contributed by atoms with E-state index in [1.54, 1.807) is 0 Å². The topological polar surface area (TPSA) is 149 Å². The Kier molecular flexibility index (Phi) is 3.85. The van der Waals surface area contributed by atoms with Gasteiger partial charge in [0.1, 0.15) is 0 Å². The Bertz CT molecular complexity index is 541. The maximum absolute atomic E-state index is 11.0. The van der Waals surface area contributed by atoms with Gasteiger partial charge in [0.15, 0.2) is 0 Å². The molecule has 1 atom stereocenters. The van der Waals surface area contributed by atoms with E-state index in [0.717, 1.165) is 0 Å². The number of rotatable bonds is 4. The second-order valence-corrected chi connectivity index (χ2v) is 4.32. The van der Waals surface area contributed by atoms with E-state index >= 15 is 0 Å². The normalized spacial score (nSPS) is 11.8. The van der Waals surface area contributed by atoms with Gasteiger partial charge in [-0.3, -0.25) is 4.57 Å². The second kappa shape index (κ2) is 4.99. The third kappa shape index (κ3) is 2.55. The fourth-order valence-electron chi connectivity index (χ4n) is 1.33. The number of aromatic carboxylic acids is 3. The van der Waals surface area contributed by atoms with E-state index in [-0.39, 0.29) is 0 Å². The lowest BCUT2D eigenvalue weighted by Gasteiger charge is -2.08. The number of carboxylic acid groups (broad SMARTS) is 3. The van der Waals surface area contributed by atoms with Crippen molar-refractivity contribution in [2.45, 2.75) is 0 Å². The lowest BCUT2D eigenvalue weighted by molar-refractivity contribution is 0.0650. The van der Waals surface area contributed by atoms with Gasteiger partial charge in [0.05, 0.1) is 22.0 Å². The molecule has 96 valence electrons. The first kappa shape index (κ1) is 13.9. The molecule has 4 N–H and O–H groups in total. The number of hydrogen-bond acceptors (Lipinski definition) is 4. The van der Waals surface area contributed by atoms with Crippen molar-refractivity contribution in [2.75, 3.05) is 0 Å². The van der Waals surface area contributed by atoms with E-state index in [4.69, 9.17) is 20.2 Å². The van der Waals surface area contributed by atoms with E-state index in [0.29, 0.717) is 12.1 Å². The van der Waals surface area contributed by atoms with Gasteiger partial charge in [-0.1, -0.05) is 0 Å². The monoisotopic (exact) mass is 274 g/mol. The molecule has 0 aliphatic heterocycles. The van der Waals surface area contributed by atoms with Gasteiger partial charge < -0.3 is 20.2 Å². The van der Waals surface area contributed by atoms with Gasteiger partial charge >= 0.3 is 17.9 Å². The van der Waals surface area contributed by atoms with Crippen LogP contribution in [0.4, 0.5) is 0 Å². The number of hydrogen-bond donors (Lipinski definition) is 4. The molecule has 1 unspecified atom stereocenters. The molecule has 0 aliphatic carbocycles.